The number of hydrogen-bond donors (Lipinski definition) is 1. The van der Waals surface area contributed by atoms with Gasteiger partial charge in [0.05, 0.1) is 0 Å². The molecular formula is C16H33N3. The first-order chi connectivity index (χ1) is 9.11. The van der Waals surface area contributed by atoms with E-state index >= 15 is 0 Å². The summed E-state index contributed by atoms with van der Waals surface area (Å²) in [6.45, 7) is 5.63. The third-order valence-corrected chi connectivity index (χ3v) is 5.96. The highest BCUT2D eigenvalue weighted by atomic mass is 15.2. The molecule has 2 aliphatic rings. The van der Waals surface area contributed by atoms with Crippen LogP contribution in [0.4, 0.5) is 0 Å². The fourth-order valence-electron chi connectivity index (χ4n) is 4.08. The normalized spacial score (nSPS) is 37.1. The molecule has 19 heavy (non-hydrogen) atoms. The maximum absolute atomic E-state index is 6.18. The molecular weight excluding hydrogens is 234 g/mol. The van der Waals surface area contributed by atoms with Crippen molar-refractivity contribution in [2.45, 2.75) is 63.5 Å². The summed E-state index contributed by atoms with van der Waals surface area (Å²) in [5.41, 5.74) is 6.47. The topological polar surface area (TPSA) is 32.5 Å². The van der Waals surface area contributed by atoms with E-state index in [2.05, 4.69) is 30.8 Å². The molecule has 0 amide bonds. The van der Waals surface area contributed by atoms with Crippen LogP contribution in [-0.2, 0) is 0 Å². The minimum Gasteiger partial charge on any atom is -0.329 e. The van der Waals surface area contributed by atoms with Gasteiger partial charge in [-0.2, -0.15) is 0 Å². The summed E-state index contributed by atoms with van der Waals surface area (Å²) in [5.74, 6) is 0.947. The van der Waals surface area contributed by atoms with Gasteiger partial charge in [0, 0.05) is 24.7 Å². The van der Waals surface area contributed by atoms with Gasteiger partial charge in [-0.1, -0.05) is 13.3 Å². The van der Waals surface area contributed by atoms with Crippen molar-refractivity contribution in [2.24, 2.45) is 11.7 Å². The molecule has 1 saturated carbocycles. The molecule has 2 rings (SSSR count). The van der Waals surface area contributed by atoms with Crippen molar-refractivity contribution in [1.29, 1.82) is 0 Å². The van der Waals surface area contributed by atoms with E-state index in [9.17, 15) is 0 Å². The van der Waals surface area contributed by atoms with Crippen LogP contribution >= 0.6 is 0 Å². The number of likely N-dealkylation sites (N-methyl/N-ethyl adjacent to an activating group) is 2. The van der Waals surface area contributed by atoms with Crippen molar-refractivity contribution in [3.05, 3.63) is 0 Å². The van der Waals surface area contributed by atoms with Crippen LogP contribution in [0.2, 0.25) is 0 Å². The van der Waals surface area contributed by atoms with Crippen molar-refractivity contribution in [2.75, 3.05) is 33.7 Å². The Bertz CT molecular complexity index is 271. The quantitative estimate of drug-likeness (QED) is 0.829. The molecule has 0 aromatic heterocycles. The second kappa shape index (κ2) is 6.55. The van der Waals surface area contributed by atoms with Gasteiger partial charge >= 0.3 is 0 Å². The average molecular weight is 267 g/mol. The van der Waals surface area contributed by atoms with Crippen molar-refractivity contribution in [3.8, 4) is 0 Å². The summed E-state index contributed by atoms with van der Waals surface area (Å²) in [7, 11) is 4.58. The standard InChI is InChI=1S/C16H33N3/c1-4-14-7-9-16(13-17,10-8-14)19(3)12-15-6-5-11-18(15)2/h14-15H,4-13,17H2,1-3H3. The van der Waals surface area contributed by atoms with E-state index in [1.54, 1.807) is 0 Å². The van der Waals surface area contributed by atoms with Crippen LogP contribution in [0.25, 0.3) is 0 Å². The molecule has 3 heteroatoms. The van der Waals surface area contributed by atoms with Gasteiger partial charge in [0.1, 0.15) is 0 Å². The van der Waals surface area contributed by atoms with Gasteiger partial charge in [-0.15, -0.1) is 0 Å². The zero-order chi connectivity index (χ0) is 13.9. The Hall–Kier alpha value is -0.120. The van der Waals surface area contributed by atoms with Crippen LogP contribution in [0.5, 0.6) is 0 Å². The van der Waals surface area contributed by atoms with Crippen molar-refractivity contribution >= 4 is 0 Å². The first kappa shape index (κ1) is 15.3. The molecule has 1 aliphatic carbocycles. The molecule has 0 radical (unpaired) electrons. The number of nitrogens with two attached hydrogens (primary N) is 1. The van der Waals surface area contributed by atoms with Gasteiger partial charge < -0.3 is 10.6 Å². The number of likely N-dealkylation sites (tertiary alicyclic amines) is 1. The molecule has 0 bridgehead atoms. The minimum absolute atomic E-state index is 0.287. The van der Waals surface area contributed by atoms with Crippen LogP contribution in [0.1, 0.15) is 51.9 Å². The molecule has 112 valence electrons. The van der Waals surface area contributed by atoms with E-state index in [-0.39, 0.29) is 5.54 Å². The van der Waals surface area contributed by atoms with E-state index in [0.29, 0.717) is 0 Å². The summed E-state index contributed by atoms with van der Waals surface area (Å²) in [5, 5.41) is 0. The lowest BCUT2D eigenvalue weighted by atomic mass is 9.74. The third kappa shape index (κ3) is 3.32. The minimum atomic E-state index is 0.287. The summed E-state index contributed by atoms with van der Waals surface area (Å²) in [6.07, 6.45) is 9.41. The fraction of sp³-hybridized carbons (Fsp3) is 1.00. The SMILES string of the molecule is CCC1CCC(CN)(N(C)CC2CCCN2C)CC1. The van der Waals surface area contributed by atoms with Gasteiger partial charge in [0.25, 0.3) is 0 Å². The molecule has 2 fully saturated rings. The highest BCUT2D eigenvalue weighted by molar-refractivity contribution is 4.96. The molecule has 1 saturated heterocycles. The summed E-state index contributed by atoms with van der Waals surface area (Å²) in [4.78, 5) is 5.13. The number of hydrogen-bond acceptors (Lipinski definition) is 3. The zero-order valence-electron chi connectivity index (χ0n) is 13.2. The average Bonchev–Trinajstić information content (AvgIpc) is 2.84. The number of rotatable bonds is 5. The Morgan fingerprint density at radius 3 is 2.42 bits per heavy atom. The van der Waals surface area contributed by atoms with E-state index in [0.717, 1.165) is 18.5 Å². The smallest absolute Gasteiger partial charge is 0.0329 e. The predicted molar refractivity (Wildman–Crippen MR) is 82.3 cm³/mol. The van der Waals surface area contributed by atoms with Crippen molar-refractivity contribution in [3.63, 3.8) is 0 Å². The highest BCUT2D eigenvalue weighted by Crippen LogP contribution is 2.37. The lowest BCUT2D eigenvalue weighted by molar-refractivity contribution is 0.0470. The highest BCUT2D eigenvalue weighted by Gasteiger charge is 2.38. The molecule has 0 spiro atoms. The summed E-state index contributed by atoms with van der Waals surface area (Å²) >= 11 is 0. The zero-order valence-corrected chi connectivity index (χ0v) is 13.2. The molecule has 1 aliphatic heterocycles. The largest absolute Gasteiger partial charge is 0.329 e. The van der Waals surface area contributed by atoms with Crippen molar-refractivity contribution in [1.82, 2.24) is 9.80 Å². The Kier molecular flexibility index (Phi) is 5.27. The van der Waals surface area contributed by atoms with Crippen LogP contribution in [0.15, 0.2) is 0 Å². The van der Waals surface area contributed by atoms with Gasteiger partial charge in [0.2, 0.25) is 0 Å². The van der Waals surface area contributed by atoms with E-state index in [1.807, 2.05) is 0 Å². The van der Waals surface area contributed by atoms with E-state index < -0.39 is 0 Å². The Morgan fingerprint density at radius 1 is 1.26 bits per heavy atom. The third-order valence-electron chi connectivity index (χ3n) is 5.96. The Labute approximate surface area is 119 Å². The lowest BCUT2D eigenvalue weighted by Gasteiger charge is -2.47. The molecule has 0 aromatic rings. The van der Waals surface area contributed by atoms with E-state index in [1.165, 1.54) is 58.0 Å². The first-order valence-corrected chi connectivity index (χ1v) is 8.23. The van der Waals surface area contributed by atoms with Gasteiger partial charge in [-0.05, 0) is 65.1 Å². The molecule has 0 aromatic carbocycles. The lowest BCUT2D eigenvalue weighted by Crippen LogP contribution is -2.56. The summed E-state index contributed by atoms with van der Waals surface area (Å²) < 4.78 is 0. The molecule has 1 heterocycles. The molecule has 1 unspecified atom stereocenters. The van der Waals surface area contributed by atoms with Crippen LogP contribution < -0.4 is 5.73 Å². The predicted octanol–water partition coefficient (Wildman–Crippen LogP) is 2.31. The Morgan fingerprint density at radius 2 is 1.95 bits per heavy atom. The van der Waals surface area contributed by atoms with Crippen molar-refractivity contribution < 1.29 is 0 Å². The van der Waals surface area contributed by atoms with Crippen LogP contribution in [-0.4, -0.2) is 55.1 Å². The van der Waals surface area contributed by atoms with Gasteiger partial charge in [-0.3, -0.25) is 4.90 Å². The van der Waals surface area contributed by atoms with Crippen LogP contribution in [0, 0.1) is 5.92 Å². The second-order valence-electron chi connectivity index (χ2n) is 6.94. The van der Waals surface area contributed by atoms with Gasteiger partial charge in [-0.25, -0.2) is 0 Å². The molecule has 2 N–H and O–H groups in total. The van der Waals surface area contributed by atoms with Gasteiger partial charge in [0.15, 0.2) is 0 Å². The van der Waals surface area contributed by atoms with E-state index in [4.69, 9.17) is 5.73 Å². The maximum Gasteiger partial charge on any atom is 0.0329 e. The second-order valence-corrected chi connectivity index (χ2v) is 6.94. The fourth-order valence-corrected chi connectivity index (χ4v) is 4.08. The monoisotopic (exact) mass is 267 g/mol. The number of nitrogens with zero attached hydrogens (tertiary/aromatic N) is 2. The molecule has 3 nitrogen and oxygen atoms in total. The molecule has 1 atom stereocenters. The van der Waals surface area contributed by atoms with Crippen LogP contribution in [0.3, 0.4) is 0 Å². The summed E-state index contributed by atoms with van der Waals surface area (Å²) in [6, 6.07) is 0.748. The Balaban J connectivity index is 1.93. The maximum atomic E-state index is 6.18. The first-order valence-electron chi connectivity index (χ1n) is 8.23.